The molecule has 4 nitrogen and oxygen atoms in total. The van der Waals surface area contributed by atoms with E-state index in [9.17, 15) is 9.18 Å². The second-order valence-corrected chi connectivity index (χ2v) is 6.96. The van der Waals surface area contributed by atoms with E-state index < -0.39 is 0 Å². The number of rotatable bonds is 3. The lowest BCUT2D eigenvalue weighted by atomic mass is 9.97. The zero-order valence-electron chi connectivity index (χ0n) is 13.0. The van der Waals surface area contributed by atoms with Crippen molar-refractivity contribution in [2.24, 2.45) is 5.73 Å². The molecule has 1 aromatic heterocycles. The SMILES string of the molecule is CC(N)C1CCCCN1C(=O)c1cnc(-c2ccccc2F)s1. The van der Waals surface area contributed by atoms with Gasteiger partial charge in [0, 0.05) is 24.2 Å². The van der Waals surface area contributed by atoms with Crippen LogP contribution in [0.4, 0.5) is 4.39 Å². The Bertz CT molecular complexity index is 701. The molecule has 122 valence electrons. The number of halogens is 1. The number of thiazole rings is 1. The average molecular weight is 333 g/mol. The second-order valence-electron chi connectivity index (χ2n) is 5.93. The summed E-state index contributed by atoms with van der Waals surface area (Å²) in [4.78, 5) is 19.4. The molecule has 2 atom stereocenters. The molecule has 0 aliphatic carbocycles. The summed E-state index contributed by atoms with van der Waals surface area (Å²) < 4.78 is 13.9. The fraction of sp³-hybridized carbons (Fsp3) is 0.412. The van der Waals surface area contributed by atoms with Crippen LogP contribution in [0.2, 0.25) is 0 Å². The molecule has 2 aromatic rings. The molecular formula is C17H20FN3OS. The lowest BCUT2D eigenvalue weighted by molar-refractivity contribution is 0.0588. The van der Waals surface area contributed by atoms with Gasteiger partial charge in [-0.1, -0.05) is 12.1 Å². The van der Waals surface area contributed by atoms with E-state index in [1.807, 2.05) is 11.8 Å². The molecule has 2 heterocycles. The van der Waals surface area contributed by atoms with Crippen LogP contribution < -0.4 is 5.73 Å². The van der Waals surface area contributed by atoms with Crippen LogP contribution in [0.1, 0.15) is 35.9 Å². The Kier molecular flexibility index (Phi) is 4.73. The van der Waals surface area contributed by atoms with Crippen LogP contribution in [0.25, 0.3) is 10.6 Å². The number of hydrogen-bond donors (Lipinski definition) is 1. The summed E-state index contributed by atoms with van der Waals surface area (Å²) >= 11 is 1.23. The minimum atomic E-state index is -0.327. The monoisotopic (exact) mass is 333 g/mol. The molecule has 1 saturated heterocycles. The van der Waals surface area contributed by atoms with Gasteiger partial charge >= 0.3 is 0 Å². The first kappa shape index (κ1) is 16.1. The van der Waals surface area contributed by atoms with Crippen molar-refractivity contribution in [1.82, 2.24) is 9.88 Å². The number of carbonyl (C=O) groups excluding carboxylic acids is 1. The van der Waals surface area contributed by atoms with Gasteiger partial charge in [0.2, 0.25) is 0 Å². The first-order valence-corrected chi connectivity index (χ1v) is 8.67. The quantitative estimate of drug-likeness (QED) is 0.937. The number of amides is 1. The molecule has 6 heteroatoms. The highest BCUT2D eigenvalue weighted by atomic mass is 32.1. The fourth-order valence-electron chi connectivity index (χ4n) is 3.03. The standard InChI is InChI=1S/C17H20FN3OS/c1-11(19)14-8-4-5-9-21(14)17(22)15-10-20-16(23-15)12-6-2-3-7-13(12)18/h2-3,6-7,10-11,14H,4-5,8-9,19H2,1H3. The van der Waals surface area contributed by atoms with E-state index in [0.717, 1.165) is 25.8 Å². The number of likely N-dealkylation sites (tertiary alicyclic amines) is 1. The van der Waals surface area contributed by atoms with Gasteiger partial charge in [-0.2, -0.15) is 0 Å². The maximum Gasteiger partial charge on any atom is 0.265 e. The summed E-state index contributed by atoms with van der Waals surface area (Å²) in [6.45, 7) is 2.66. The van der Waals surface area contributed by atoms with Gasteiger partial charge in [-0.05, 0) is 38.3 Å². The van der Waals surface area contributed by atoms with E-state index in [4.69, 9.17) is 5.73 Å². The summed E-state index contributed by atoms with van der Waals surface area (Å²) in [5, 5.41) is 0.529. The van der Waals surface area contributed by atoms with Gasteiger partial charge in [-0.25, -0.2) is 9.37 Å². The molecule has 1 aliphatic rings. The van der Waals surface area contributed by atoms with E-state index >= 15 is 0 Å². The molecule has 3 rings (SSSR count). The normalized spacial score (nSPS) is 19.6. The van der Waals surface area contributed by atoms with Crippen molar-refractivity contribution in [2.45, 2.75) is 38.3 Å². The molecule has 0 radical (unpaired) electrons. The minimum Gasteiger partial charge on any atom is -0.333 e. The van der Waals surface area contributed by atoms with Crippen LogP contribution in [0.5, 0.6) is 0 Å². The summed E-state index contributed by atoms with van der Waals surface area (Å²) in [5.41, 5.74) is 6.46. The van der Waals surface area contributed by atoms with Gasteiger partial charge in [0.25, 0.3) is 5.91 Å². The van der Waals surface area contributed by atoms with Gasteiger partial charge in [-0.3, -0.25) is 4.79 Å². The Hall–Kier alpha value is -1.79. The number of benzene rings is 1. The Morgan fingerprint density at radius 2 is 2.22 bits per heavy atom. The number of hydrogen-bond acceptors (Lipinski definition) is 4. The zero-order valence-corrected chi connectivity index (χ0v) is 13.9. The van der Waals surface area contributed by atoms with Crippen LogP contribution in [-0.4, -0.2) is 34.4 Å². The lowest BCUT2D eigenvalue weighted by Gasteiger charge is -2.37. The number of nitrogens with two attached hydrogens (primary N) is 1. The Morgan fingerprint density at radius 3 is 2.96 bits per heavy atom. The first-order valence-electron chi connectivity index (χ1n) is 7.85. The van der Waals surface area contributed by atoms with E-state index in [-0.39, 0.29) is 23.8 Å². The van der Waals surface area contributed by atoms with Crippen LogP contribution in [0, 0.1) is 5.82 Å². The van der Waals surface area contributed by atoms with Crippen LogP contribution in [-0.2, 0) is 0 Å². The minimum absolute atomic E-state index is 0.0490. The van der Waals surface area contributed by atoms with Crippen LogP contribution >= 0.6 is 11.3 Å². The molecule has 1 fully saturated rings. The van der Waals surface area contributed by atoms with Gasteiger partial charge in [0.05, 0.1) is 6.20 Å². The number of piperidine rings is 1. The molecule has 0 saturated carbocycles. The van der Waals surface area contributed by atoms with Crippen molar-refractivity contribution >= 4 is 17.2 Å². The molecule has 2 N–H and O–H groups in total. The van der Waals surface area contributed by atoms with Crippen molar-refractivity contribution in [3.05, 3.63) is 41.2 Å². The molecule has 1 aromatic carbocycles. The van der Waals surface area contributed by atoms with Gasteiger partial charge in [0.1, 0.15) is 15.7 Å². The van der Waals surface area contributed by atoms with E-state index in [1.54, 1.807) is 24.4 Å². The first-order chi connectivity index (χ1) is 11.1. The second kappa shape index (κ2) is 6.76. The lowest BCUT2D eigenvalue weighted by Crippen LogP contribution is -2.51. The van der Waals surface area contributed by atoms with Crippen molar-refractivity contribution in [3.63, 3.8) is 0 Å². The predicted octanol–water partition coefficient (Wildman–Crippen LogP) is 3.29. The molecule has 1 aliphatic heterocycles. The zero-order chi connectivity index (χ0) is 16.4. The van der Waals surface area contributed by atoms with Crippen molar-refractivity contribution < 1.29 is 9.18 Å². The van der Waals surface area contributed by atoms with Crippen molar-refractivity contribution in [2.75, 3.05) is 6.54 Å². The third kappa shape index (κ3) is 3.28. The maximum atomic E-state index is 13.9. The maximum absolute atomic E-state index is 13.9. The van der Waals surface area contributed by atoms with Gasteiger partial charge < -0.3 is 10.6 Å². The number of nitrogens with zero attached hydrogens (tertiary/aromatic N) is 2. The molecule has 0 spiro atoms. The van der Waals surface area contributed by atoms with E-state index in [0.29, 0.717) is 15.4 Å². The average Bonchev–Trinajstić information content (AvgIpc) is 3.04. The molecule has 23 heavy (non-hydrogen) atoms. The molecule has 1 amide bonds. The Balaban J connectivity index is 1.85. The third-order valence-electron chi connectivity index (χ3n) is 4.24. The number of carbonyl (C=O) groups is 1. The number of aromatic nitrogens is 1. The Morgan fingerprint density at radius 1 is 1.43 bits per heavy atom. The van der Waals surface area contributed by atoms with Gasteiger partial charge in [0.15, 0.2) is 0 Å². The summed E-state index contributed by atoms with van der Waals surface area (Å²) in [6.07, 6.45) is 4.57. The van der Waals surface area contributed by atoms with E-state index in [2.05, 4.69) is 4.98 Å². The molecular weight excluding hydrogens is 313 g/mol. The highest BCUT2D eigenvalue weighted by molar-refractivity contribution is 7.16. The van der Waals surface area contributed by atoms with Crippen LogP contribution in [0.3, 0.4) is 0 Å². The highest BCUT2D eigenvalue weighted by Crippen LogP contribution is 2.29. The molecule has 2 unspecified atom stereocenters. The van der Waals surface area contributed by atoms with Crippen molar-refractivity contribution in [1.29, 1.82) is 0 Å². The van der Waals surface area contributed by atoms with Gasteiger partial charge in [-0.15, -0.1) is 11.3 Å². The van der Waals surface area contributed by atoms with Crippen molar-refractivity contribution in [3.8, 4) is 10.6 Å². The van der Waals surface area contributed by atoms with Crippen LogP contribution in [0.15, 0.2) is 30.5 Å². The topological polar surface area (TPSA) is 59.2 Å². The fourth-order valence-corrected chi connectivity index (χ4v) is 3.93. The third-order valence-corrected chi connectivity index (χ3v) is 5.26. The van der Waals surface area contributed by atoms with E-state index in [1.165, 1.54) is 17.4 Å². The summed E-state index contributed by atoms with van der Waals surface area (Å²) in [7, 11) is 0. The largest absolute Gasteiger partial charge is 0.333 e. The molecule has 0 bridgehead atoms. The predicted molar refractivity (Wildman–Crippen MR) is 89.8 cm³/mol. The smallest absolute Gasteiger partial charge is 0.265 e. The summed E-state index contributed by atoms with van der Waals surface area (Å²) in [5.74, 6) is -0.376. The highest BCUT2D eigenvalue weighted by Gasteiger charge is 2.30. The Labute approximate surface area is 139 Å². The summed E-state index contributed by atoms with van der Waals surface area (Å²) in [6, 6.07) is 6.48.